The minimum atomic E-state index is 0.143. The molecule has 2 saturated carbocycles. The van der Waals surface area contributed by atoms with Crippen LogP contribution in [0.1, 0.15) is 71.6 Å². The molecule has 2 rings (SSSR count). The molecule has 0 bridgehead atoms. The van der Waals surface area contributed by atoms with Crippen LogP contribution in [0.4, 0.5) is 0 Å². The van der Waals surface area contributed by atoms with E-state index >= 15 is 0 Å². The van der Waals surface area contributed by atoms with E-state index in [9.17, 15) is 0 Å². The summed E-state index contributed by atoms with van der Waals surface area (Å²) < 4.78 is 12.1. The van der Waals surface area contributed by atoms with Crippen molar-refractivity contribution in [2.45, 2.75) is 89.4 Å². The molecule has 0 heterocycles. The minimum Gasteiger partial charge on any atom is -0.373 e. The molecule has 0 aromatic rings. The highest BCUT2D eigenvalue weighted by molar-refractivity contribution is 4.81. The summed E-state index contributed by atoms with van der Waals surface area (Å²) in [4.78, 5) is 0. The van der Waals surface area contributed by atoms with Crippen LogP contribution < -0.4 is 0 Å². The Hall–Kier alpha value is -0.0800. The fourth-order valence-corrected chi connectivity index (χ4v) is 3.15. The summed E-state index contributed by atoms with van der Waals surface area (Å²) >= 11 is 0. The Bertz CT molecular complexity index is 215. The third-order valence-electron chi connectivity index (χ3n) is 4.30. The van der Waals surface area contributed by atoms with Crippen molar-refractivity contribution in [1.29, 1.82) is 0 Å². The first-order valence-corrected chi connectivity index (χ1v) is 7.47. The van der Waals surface area contributed by atoms with E-state index < -0.39 is 0 Å². The average molecular weight is 240 g/mol. The van der Waals surface area contributed by atoms with Gasteiger partial charge in [-0.2, -0.15) is 0 Å². The fraction of sp³-hybridized carbons (Fsp3) is 1.00. The van der Waals surface area contributed by atoms with Crippen LogP contribution in [0.5, 0.6) is 0 Å². The normalized spacial score (nSPS) is 27.2. The molecule has 100 valence electrons. The van der Waals surface area contributed by atoms with Crippen molar-refractivity contribution in [3.05, 3.63) is 0 Å². The first-order valence-electron chi connectivity index (χ1n) is 7.47. The lowest BCUT2D eigenvalue weighted by Crippen LogP contribution is -2.32. The molecule has 1 unspecified atom stereocenters. The molecule has 2 nitrogen and oxygen atoms in total. The third-order valence-corrected chi connectivity index (χ3v) is 4.30. The molecule has 0 aromatic carbocycles. The van der Waals surface area contributed by atoms with Gasteiger partial charge in [0.15, 0.2) is 0 Å². The Morgan fingerprint density at radius 3 is 2.35 bits per heavy atom. The predicted molar refractivity (Wildman–Crippen MR) is 70.2 cm³/mol. The molecule has 0 aromatic heterocycles. The molecule has 0 N–H and O–H groups in total. The fourth-order valence-electron chi connectivity index (χ4n) is 3.15. The lowest BCUT2D eigenvalue weighted by Gasteiger charge is -2.29. The van der Waals surface area contributed by atoms with Crippen molar-refractivity contribution in [3.8, 4) is 0 Å². The van der Waals surface area contributed by atoms with Crippen LogP contribution in [0.15, 0.2) is 0 Å². The van der Waals surface area contributed by atoms with E-state index in [1.807, 2.05) is 0 Å². The zero-order valence-electron chi connectivity index (χ0n) is 11.5. The average Bonchev–Trinajstić information content (AvgIpc) is 2.76. The van der Waals surface area contributed by atoms with Gasteiger partial charge in [0.25, 0.3) is 0 Å². The molecule has 2 fully saturated rings. The van der Waals surface area contributed by atoms with E-state index in [1.165, 1.54) is 57.8 Å². The molecular weight excluding hydrogens is 212 g/mol. The predicted octanol–water partition coefficient (Wildman–Crippen LogP) is 4.07. The second kappa shape index (κ2) is 6.19. The molecule has 2 aliphatic carbocycles. The summed E-state index contributed by atoms with van der Waals surface area (Å²) in [5.41, 5.74) is 0.143. The molecular formula is C15H28O2. The quantitative estimate of drug-likeness (QED) is 0.721. The van der Waals surface area contributed by atoms with Crippen molar-refractivity contribution in [2.24, 2.45) is 0 Å². The number of hydrogen-bond acceptors (Lipinski definition) is 2. The maximum Gasteiger partial charge on any atom is 0.0784 e. The van der Waals surface area contributed by atoms with Crippen molar-refractivity contribution < 1.29 is 9.47 Å². The molecule has 0 radical (unpaired) electrons. The van der Waals surface area contributed by atoms with Crippen LogP contribution in [-0.2, 0) is 9.47 Å². The second-order valence-corrected chi connectivity index (χ2v) is 6.17. The van der Waals surface area contributed by atoms with Crippen LogP contribution >= 0.6 is 0 Å². The molecule has 2 aliphatic rings. The van der Waals surface area contributed by atoms with Crippen molar-refractivity contribution in [1.82, 2.24) is 0 Å². The number of rotatable bonds is 5. The van der Waals surface area contributed by atoms with Crippen LogP contribution in [-0.4, -0.2) is 24.4 Å². The first-order chi connectivity index (χ1) is 8.18. The summed E-state index contributed by atoms with van der Waals surface area (Å²) in [6, 6.07) is 0. The largest absolute Gasteiger partial charge is 0.373 e. The minimum absolute atomic E-state index is 0.143. The maximum atomic E-state index is 6.07. The van der Waals surface area contributed by atoms with E-state index in [4.69, 9.17) is 9.47 Å². The molecule has 17 heavy (non-hydrogen) atoms. The monoisotopic (exact) mass is 240 g/mol. The van der Waals surface area contributed by atoms with Crippen LogP contribution in [0.25, 0.3) is 0 Å². The Balaban J connectivity index is 1.64. The van der Waals surface area contributed by atoms with Crippen LogP contribution in [0.3, 0.4) is 0 Å². The van der Waals surface area contributed by atoms with Gasteiger partial charge in [-0.15, -0.1) is 0 Å². The summed E-state index contributed by atoms with van der Waals surface area (Å²) in [6.45, 7) is 5.19. The van der Waals surface area contributed by atoms with Gasteiger partial charge in [0.1, 0.15) is 0 Å². The Labute approximate surface area is 106 Å². The van der Waals surface area contributed by atoms with Crippen molar-refractivity contribution >= 4 is 0 Å². The van der Waals surface area contributed by atoms with Gasteiger partial charge >= 0.3 is 0 Å². The van der Waals surface area contributed by atoms with Gasteiger partial charge in [-0.25, -0.2) is 0 Å². The molecule has 0 saturated heterocycles. The van der Waals surface area contributed by atoms with Gasteiger partial charge < -0.3 is 9.47 Å². The highest BCUT2D eigenvalue weighted by Gasteiger charge is 2.30. The molecule has 0 aliphatic heterocycles. The van der Waals surface area contributed by atoms with Gasteiger partial charge in [-0.05, 0) is 39.5 Å². The highest BCUT2D eigenvalue weighted by atomic mass is 16.5. The van der Waals surface area contributed by atoms with Crippen molar-refractivity contribution in [3.63, 3.8) is 0 Å². The standard InChI is InChI=1S/C15H28O2/c1-13(17-14-8-4-3-5-9-14)12-16-15(2)10-6-7-11-15/h13-14H,3-12H2,1-2H3. The van der Waals surface area contributed by atoms with E-state index in [2.05, 4.69) is 13.8 Å². The molecule has 0 amide bonds. The van der Waals surface area contributed by atoms with Gasteiger partial charge in [0, 0.05) is 0 Å². The Morgan fingerprint density at radius 2 is 1.71 bits per heavy atom. The SMILES string of the molecule is CC(COC1(C)CCCC1)OC1CCCCC1. The summed E-state index contributed by atoms with van der Waals surface area (Å²) in [5.74, 6) is 0. The lowest BCUT2D eigenvalue weighted by molar-refractivity contribution is -0.104. The topological polar surface area (TPSA) is 18.5 Å². The van der Waals surface area contributed by atoms with Crippen molar-refractivity contribution in [2.75, 3.05) is 6.61 Å². The highest BCUT2D eigenvalue weighted by Crippen LogP contribution is 2.32. The van der Waals surface area contributed by atoms with E-state index in [1.54, 1.807) is 0 Å². The van der Waals surface area contributed by atoms with E-state index in [-0.39, 0.29) is 11.7 Å². The smallest absolute Gasteiger partial charge is 0.0784 e. The number of ether oxygens (including phenoxy) is 2. The Morgan fingerprint density at radius 1 is 1.06 bits per heavy atom. The summed E-state index contributed by atoms with van der Waals surface area (Å²) in [7, 11) is 0. The molecule has 1 atom stereocenters. The molecule has 0 spiro atoms. The number of hydrogen-bond donors (Lipinski definition) is 0. The van der Waals surface area contributed by atoms with Crippen LogP contribution in [0.2, 0.25) is 0 Å². The van der Waals surface area contributed by atoms with E-state index in [0.717, 1.165) is 6.61 Å². The Kier molecular flexibility index (Phi) is 4.87. The second-order valence-electron chi connectivity index (χ2n) is 6.17. The third kappa shape index (κ3) is 4.26. The van der Waals surface area contributed by atoms with Crippen LogP contribution in [0, 0.1) is 0 Å². The van der Waals surface area contributed by atoms with Gasteiger partial charge in [-0.3, -0.25) is 0 Å². The summed E-state index contributed by atoms with van der Waals surface area (Å²) in [5, 5.41) is 0. The maximum absolute atomic E-state index is 6.07. The molecule has 2 heteroatoms. The zero-order chi connectivity index (χ0) is 12.1. The van der Waals surface area contributed by atoms with Gasteiger partial charge in [-0.1, -0.05) is 32.1 Å². The lowest BCUT2D eigenvalue weighted by atomic mass is 9.98. The van der Waals surface area contributed by atoms with Gasteiger partial charge in [0.05, 0.1) is 24.4 Å². The first kappa shape index (κ1) is 13.4. The van der Waals surface area contributed by atoms with E-state index in [0.29, 0.717) is 6.10 Å². The summed E-state index contributed by atoms with van der Waals surface area (Å²) in [6.07, 6.45) is 12.4. The van der Waals surface area contributed by atoms with Gasteiger partial charge in [0.2, 0.25) is 0 Å². The zero-order valence-corrected chi connectivity index (χ0v) is 11.5.